The number of aliphatic imine (C=N–C) groups is 1. The molecule has 3 aliphatic rings. The normalized spacial score (nSPS) is 21.5. The maximum atomic E-state index is 13.4. The third kappa shape index (κ3) is 3.20. The largest absolute Gasteiger partial charge is 0.295 e. The van der Waals surface area contributed by atoms with Crippen LogP contribution in [-0.4, -0.2) is 44.7 Å². The molecule has 1 saturated carbocycles. The first-order valence-corrected chi connectivity index (χ1v) is 10.5. The lowest BCUT2D eigenvalue weighted by Crippen LogP contribution is -2.52. The standard InChI is InChI=1S/C21H22N6OS/c1-4-15-11-22-20-26(13-14-10-23-25(3)12-14)19(28)17-9-16(5-6-18(17)27(15)20)29-24-21(2)7-8-21/h1,5-6,9-10,12,15,24H,7-8,11,13H2,2-3H3. The van der Waals surface area contributed by atoms with Crippen LogP contribution in [0.4, 0.5) is 5.69 Å². The first-order chi connectivity index (χ1) is 14.0. The highest BCUT2D eigenvalue weighted by atomic mass is 32.2. The predicted molar refractivity (Wildman–Crippen MR) is 114 cm³/mol. The van der Waals surface area contributed by atoms with E-state index >= 15 is 0 Å². The van der Waals surface area contributed by atoms with Gasteiger partial charge in [-0.15, -0.1) is 6.42 Å². The second-order valence-electron chi connectivity index (χ2n) is 8.05. The lowest BCUT2D eigenvalue weighted by molar-refractivity contribution is 0.0833. The lowest BCUT2D eigenvalue weighted by Gasteiger charge is -2.37. The van der Waals surface area contributed by atoms with Crippen molar-refractivity contribution >= 4 is 29.5 Å². The fraction of sp³-hybridized carbons (Fsp3) is 0.381. The maximum Gasteiger partial charge on any atom is 0.263 e. The van der Waals surface area contributed by atoms with Crippen LogP contribution in [0.1, 0.15) is 35.7 Å². The van der Waals surface area contributed by atoms with E-state index in [0.717, 1.165) is 16.1 Å². The van der Waals surface area contributed by atoms with Gasteiger partial charge in [-0.1, -0.05) is 5.92 Å². The van der Waals surface area contributed by atoms with Crippen LogP contribution in [0.15, 0.2) is 40.5 Å². The molecule has 3 heterocycles. The lowest BCUT2D eigenvalue weighted by atomic mass is 10.1. The number of amides is 1. The summed E-state index contributed by atoms with van der Waals surface area (Å²) in [5.41, 5.74) is 2.65. The molecule has 1 aliphatic carbocycles. The van der Waals surface area contributed by atoms with Gasteiger partial charge in [0.05, 0.1) is 30.5 Å². The Balaban J connectivity index is 1.50. The smallest absolute Gasteiger partial charge is 0.263 e. The zero-order valence-electron chi connectivity index (χ0n) is 16.4. The highest BCUT2D eigenvalue weighted by Crippen LogP contribution is 2.39. The van der Waals surface area contributed by atoms with E-state index in [1.54, 1.807) is 27.7 Å². The molecule has 2 aliphatic heterocycles. The molecule has 5 rings (SSSR count). The van der Waals surface area contributed by atoms with Crippen molar-refractivity contribution in [2.75, 3.05) is 11.4 Å². The Morgan fingerprint density at radius 3 is 2.93 bits per heavy atom. The molecule has 1 atom stereocenters. The summed E-state index contributed by atoms with van der Waals surface area (Å²) < 4.78 is 5.23. The molecule has 2 aromatic rings. The first-order valence-electron chi connectivity index (χ1n) is 9.65. The fourth-order valence-electron chi connectivity index (χ4n) is 3.63. The zero-order chi connectivity index (χ0) is 20.2. The number of anilines is 1. The molecule has 8 heteroatoms. The number of hydrogen-bond acceptors (Lipinski definition) is 6. The molecule has 7 nitrogen and oxygen atoms in total. The quantitative estimate of drug-likeness (QED) is 0.610. The van der Waals surface area contributed by atoms with Gasteiger partial charge in [-0.25, -0.2) is 4.99 Å². The van der Waals surface area contributed by atoms with Crippen LogP contribution in [0.25, 0.3) is 0 Å². The molecule has 148 valence electrons. The second-order valence-corrected chi connectivity index (χ2v) is 8.93. The summed E-state index contributed by atoms with van der Waals surface area (Å²) in [6, 6.07) is 5.80. The van der Waals surface area contributed by atoms with Gasteiger partial charge in [0.25, 0.3) is 5.91 Å². The number of carbonyl (C=O) groups excluding carboxylic acids is 1. The molecule has 1 unspecified atom stereocenters. The summed E-state index contributed by atoms with van der Waals surface area (Å²) in [6.07, 6.45) is 11.8. The first kappa shape index (κ1) is 18.3. The van der Waals surface area contributed by atoms with E-state index in [1.165, 1.54) is 12.8 Å². The van der Waals surface area contributed by atoms with Crippen LogP contribution in [0.3, 0.4) is 0 Å². The van der Waals surface area contributed by atoms with Gasteiger partial charge < -0.3 is 0 Å². The van der Waals surface area contributed by atoms with Crippen molar-refractivity contribution in [2.24, 2.45) is 12.0 Å². The highest BCUT2D eigenvalue weighted by molar-refractivity contribution is 7.97. The monoisotopic (exact) mass is 406 g/mol. The topological polar surface area (TPSA) is 65.8 Å². The minimum Gasteiger partial charge on any atom is -0.295 e. The molecule has 0 spiro atoms. The number of carbonyl (C=O) groups is 1. The Kier molecular flexibility index (Phi) is 4.19. The van der Waals surface area contributed by atoms with Crippen molar-refractivity contribution in [2.45, 2.75) is 42.8 Å². The third-order valence-corrected chi connectivity index (χ3v) is 6.67. The highest BCUT2D eigenvalue weighted by Gasteiger charge is 2.42. The van der Waals surface area contributed by atoms with Crippen LogP contribution in [0.5, 0.6) is 0 Å². The molecule has 0 radical (unpaired) electrons. The van der Waals surface area contributed by atoms with Crippen molar-refractivity contribution in [3.05, 3.63) is 41.7 Å². The van der Waals surface area contributed by atoms with Crippen molar-refractivity contribution in [1.29, 1.82) is 0 Å². The number of aromatic nitrogens is 2. The van der Waals surface area contributed by atoms with Crippen LogP contribution in [0.2, 0.25) is 0 Å². The molecular weight excluding hydrogens is 384 g/mol. The number of hydrogen-bond donors (Lipinski definition) is 1. The minimum atomic E-state index is -0.185. The van der Waals surface area contributed by atoms with Gasteiger partial charge >= 0.3 is 0 Å². The van der Waals surface area contributed by atoms with E-state index in [2.05, 4.69) is 27.7 Å². The van der Waals surface area contributed by atoms with Crippen molar-refractivity contribution in [3.63, 3.8) is 0 Å². The van der Waals surface area contributed by atoms with E-state index in [1.807, 2.05) is 36.3 Å². The minimum absolute atomic E-state index is 0.0587. The van der Waals surface area contributed by atoms with E-state index in [-0.39, 0.29) is 17.5 Å². The van der Waals surface area contributed by atoms with E-state index in [9.17, 15) is 4.79 Å². The van der Waals surface area contributed by atoms with E-state index < -0.39 is 0 Å². The third-order valence-electron chi connectivity index (χ3n) is 5.58. The van der Waals surface area contributed by atoms with Gasteiger partial charge in [-0.3, -0.25) is 24.0 Å². The number of fused-ring (bicyclic) bond motifs is 3. The Bertz CT molecular complexity index is 1060. The number of nitrogens with one attached hydrogen (secondary N) is 1. The molecule has 0 saturated heterocycles. The number of nitrogens with zero attached hydrogens (tertiary/aromatic N) is 5. The number of terminal acetylenes is 1. The van der Waals surface area contributed by atoms with Crippen LogP contribution >= 0.6 is 11.9 Å². The summed E-state index contributed by atoms with van der Waals surface area (Å²) in [5.74, 6) is 3.38. The predicted octanol–water partition coefficient (Wildman–Crippen LogP) is 2.40. The average Bonchev–Trinajstić information content (AvgIpc) is 3.11. The summed E-state index contributed by atoms with van der Waals surface area (Å²) in [4.78, 5) is 22.8. The van der Waals surface area contributed by atoms with Crippen molar-refractivity contribution in [1.82, 2.24) is 19.4 Å². The Morgan fingerprint density at radius 2 is 2.24 bits per heavy atom. The Hall–Kier alpha value is -2.76. The second kappa shape index (κ2) is 6.65. The van der Waals surface area contributed by atoms with E-state index in [0.29, 0.717) is 24.6 Å². The van der Waals surface area contributed by atoms with Gasteiger partial charge in [-0.05, 0) is 49.9 Å². The summed E-state index contributed by atoms with van der Waals surface area (Å²) in [6.45, 7) is 3.11. The number of guanidine groups is 1. The Labute approximate surface area is 174 Å². The fourth-order valence-corrected chi connectivity index (χ4v) is 4.51. The summed E-state index contributed by atoms with van der Waals surface area (Å²) in [7, 11) is 1.86. The van der Waals surface area contributed by atoms with Crippen LogP contribution in [-0.2, 0) is 13.6 Å². The van der Waals surface area contributed by atoms with Gasteiger partial charge in [-0.2, -0.15) is 5.10 Å². The van der Waals surface area contributed by atoms with Crippen LogP contribution < -0.4 is 9.62 Å². The molecule has 1 aromatic heterocycles. The van der Waals surface area contributed by atoms with E-state index in [4.69, 9.17) is 6.42 Å². The average molecular weight is 407 g/mol. The van der Waals surface area contributed by atoms with Crippen molar-refractivity contribution < 1.29 is 4.79 Å². The Morgan fingerprint density at radius 1 is 1.41 bits per heavy atom. The molecule has 29 heavy (non-hydrogen) atoms. The summed E-state index contributed by atoms with van der Waals surface area (Å²) >= 11 is 1.58. The molecule has 1 N–H and O–H groups in total. The SMILES string of the molecule is C#CC1CN=C2N(Cc3cnn(C)c3)C(=O)c3cc(SNC4(C)CC4)ccc3N21. The van der Waals surface area contributed by atoms with Gasteiger partial charge in [0.1, 0.15) is 6.04 Å². The molecule has 1 fully saturated rings. The van der Waals surface area contributed by atoms with Crippen molar-refractivity contribution in [3.8, 4) is 12.3 Å². The number of aryl methyl sites for hydroxylation is 1. The van der Waals surface area contributed by atoms with Gasteiger partial charge in [0, 0.05) is 29.2 Å². The number of rotatable bonds is 5. The molecular formula is C21H22N6OS. The van der Waals surface area contributed by atoms with Gasteiger partial charge in [0.2, 0.25) is 5.96 Å². The molecule has 1 aromatic carbocycles. The number of benzene rings is 1. The van der Waals surface area contributed by atoms with Gasteiger partial charge in [0.15, 0.2) is 0 Å². The van der Waals surface area contributed by atoms with Crippen LogP contribution in [0, 0.1) is 12.3 Å². The molecule has 0 bridgehead atoms. The maximum absolute atomic E-state index is 13.4. The zero-order valence-corrected chi connectivity index (χ0v) is 17.2. The molecule has 1 amide bonds. The summed E-state index contributed by atoms with van der Waals surface area (Å²) in [5, 5.41) is 4.22.